The average Bonchev–Trinajstić information content (AvgIpc) is 2.39. The molecule has 1 aromatic heterocycles. The summed E-state index contributed by atoms with van der Waals surface area (Å²) < 4.78 is 4.94. The number of hydrogen-bond acceptors (Lipinski definition) is 3. The second kappa shape index (κ2) is 3.34. The highest BCUT2D eigenvalue weighted by molar-refractivity contribution is 5.80. The standard InChI is InChI=1S/C8H10O3/c1-6(9)8(10)5-7-3-2-4-11-7/h2-4,8,10H,5H2,1H3. The smallest absolute Gasteiger partial charge is 0.158 e. The molecule has 0 fully saturated rings. The number of aliphatic hydroxyl groups excluding tert-OH is 1. The highest BCUT2D eigenvalue weighted by Gasteiger charge is 2.11. The summed E-state index contributed by atoms with van der Waals surface area (Å²) in [5.74, 6) is 0.397. The Balaban J connectivity index is 2.50. The molecule has 1 rings (SSSR count). The van der Waals surface area contributed by atoms with Crippen molar-refractivity contribution in [2.24, 2.45) is 0 Å². The Labute approximate surface area is 64.6 Å². The predicted octanol–water partition coefficient (Wildman–Crippen LogP) is 0.772. The molecule has 60 valence electrons. The Morgan fingerprint density at radius 1 is 1.82 bits per heavy atom. The van der Waals surface area contributed by atoms with E-state index in [1.807, 2.05) is 0 Å². The molecule has 3 heteroatoms. The molecule has 0 amide bonds. The van der Waals surface area contributed by atoms with Crippen LogP contribution in [0.15, 0.2) is 22.8 Å². The van der Waals surface area contributed by atoms with Crippen LogP contribution in [-0.2, 0) is 11.2 Å². The van der Waals surface area contributed by atoms with E-state index in [-0.39, 0.29) is 12.2 Å². The van der Waals surface area contributed by atoms with Crippen molar-refractivity contribution in [3.05, 3.63) is 24.2 Å². The van der Waals surface area contributed by atoms with Gasteiger partial charge in [-0.1, -0.05) is 0 Å². The summed E-state index contributed by atoms with van der Waals surface area (Å²) in [7, 11) is 0. The fourth-order valence-electron chi connectivity index (χ4n) is 0.763. The highest BCUT2D eigenvalue weighted by atomic mass is 16.3. The van der Waals surface area contributed by atoms with Gasteiger partial charge < -0.3 is 9.52 Å². The Morgan fingerprint density at radius 2 is 2.55 bits per heavy atom. The molecule has 0 radical (unpaired) electrons. The van der Waals surface area contributed by atoms with Crippen molar-refractivity contribution in [3.63, 3.8) is 0 Å². The van der Waals surface area contributed by atoms with Crippen LogP contribution < -0.4 is 0 Å². The molecule has 0 aliphatic rings. The lowest BCUT2D eigenvalue weighted by Gasteiger charge is -2.02. The van der Waals surface area contributed by atoms with Gasteiger partial charge in [0, 0.05) is 6.42 Å². The van der Waals surface area contributed by atoms with Gasteiger partial charge in [-0.05, 0) is 19.1 Å². The minimum Gasteiger partial charge on any atom is -0.469 e. The summed E-state index contributed by atoms with van der Waals surface area (Å²) in [6.45, 7) is 1.35. The number of ketones is 1. The molecule has 1 unspecified atom stereocenters. The van der Waals surface area contributed by atoms with Crippen LogP contribution in [0.25, 0.3) is 0 Å². The van der Waals surface area contributed by atoms with Gasteiger partial charge >= 0.3 is 0 Å². The predicted molar refractivity (Wildman–Crippen MR) is 39.1 cm³/mol. The summed E-state index contributed by atoms with van der Waals surface area (Å²) >= 11 is 0. The lowest BCUT2D eigenvalue weighted by molar-refractivity contribution is -0.124. The van der Waals surface area contributed by atoms with Gasteiger partial charge in [0.15, 0.2) is 5.78 Å². The van der Waals surface area contributed by atoms with E-state index >= 15 is 0 Å². The molecule has 0 aliphatic heterocycles. The first-order valence-corrected chi connectivity index (χ1v) is 3.41. The Kier molecular flexibility index (Phi) is 2.44. The number of carbonyl (C=O) groups excluding carboxylic acids is 1. The molecule has 0 bridgehead atoms. The molecule has 0 spiro atoms. The Morgan fingerprint density at radius 3 is 3.00 bits per heavy atom. The minimum absolute atomic E-state index is 0.235. The van der Waals surface area contributed by atoms with Gasteiger partial charge in [-0.25, -0.2) is 0 Å². The molecule has 0 saturated heterocycles. The number of carbonyl (C=O) groups is 1. The van der Waals surface area contributed by atoms with Crippen LogP contribution in [-0.4, -0.2) is 17.0 Å². The highest BCUT2D eigenvalue weighted by Crippen LogP contribution is 2.04. The van der Waals surface area contributed by atoms with E-state index in [1.165, 1.54) is 13.2 Å². The third-order valence-electron chi connectivity index (χ3n) is 1.44. The second-order valence-corrected chi connectivity index (χ2v) is 2.41. The van der Waals surface area contributed by atoms with Gasteiger partial charge in [0.05, 0.1) is 6.26 Å². The van der Waals surface area contributed by atoms with Gasteiger partial charge in [-0.15, -0.1) is 0 Å². The molecule has 1 atom stereocenters. The van der Waals surface area contributed by atoms with Gasteiger partial charge in [0.2, 0.25) is 0 Å². The van der Waals surface area contributed by atoms with Crippen molar-refractivity contribution < 1.29 is 14.3 Å². The molecule has 0 aromatic carbocycles. The zero-order chi connectivity index (χ0) is 8.27. The Hall–Kier alpha value is -1.09. The van der Waals surface area contributed by atoms with Gasteiger partial charge in [-0.2, -0.15) is 0 Å². The largest absolute Gasteiger partial charge is 0.469 e. The first-order valence-electron chi connectivity index (χ1n) is 3.41. The van der Waals surface area contributed by atoms with Crippen molar-refractivity contribution in [2.45, 2.75) is 19.4 Å². The zero-order valence-electron chi connectivity index (χ0n) is 6.28. The van der Waals surface area contributed by atoms with E-state index in [0.717, 1.165) is 0 Å². The van der Waals surface area contributed by atoms with Gasteiger partial charge in [-0.3, -0.25) is 4.79 Å². The van der Waals surface area contributed by atoms with E-state index in [0.29, 0.717) is 5.76 Å². The molecule has 1 aromatic rings. The quantitative estimate of drug-likeness (QED) is 0.699. The first kappa shape index (κ1) is 8.01. The van der Waals surface area contributed by atoms with Crippen LogP contribution in [0.4, 0.5) is 0 Å². The molecule has 0 aliphatic carbocycles. The van der Waals surface area contributed by atoms with Crippen LogP contribution in [0, 0.1) is 0 Å². The zero-order valence-corrected chi connectivity index (χ0v) is 6.28. The fourth-order valence-corrected chi connectivity index (χ4v) is 0.763. The molecule has 0 saturated carbocycles. The molecule has 3 nitrogen and oxygen atoms in total. The fraction of sp³-hybridized carbons (Fsp3) is 0.375. The number of hydrogen-bond donors (Lipinski definition) is 1. The van der Waals surface area contributed by atoms with E-state index in [2.05, 4.69) is 0 Å². The summed E-state index contributed by atoms with van der Waals surface area (Å²) in [5.41, 5.74) is 0. The van der Waals surface area contributed by atoms with Crippen molar-refractivity contribution in [1.82, 2.24) is 0 Å². The summed E-state index contributed by atoms with van der Waals surface area (Å²) in [5, 5.41) is 9.09. The Bertz CT molecular complexity index is 225. The average molecular weight is 154 g/mol. The number of rotatable bonds is 3. The van der Waals surface area contributed by atoms with Crippen LogP contribution >= 0.6 is 0 Å². The third-order valence-corrected chi connectivity index (χ3v) is 1.44. The molecule has 1 heterocycles. The van der Waals surface area contributed by atoms with Crippen LogP contribution in [0.1, 0.15) is 12.7 Å². The number of Topliss-reactive ketones (excluding diaryl/α,β-unsaturated/α-hetero) is 1. The summed E-state index contributed by atoms with van der Waals surface area (Å²) in [4.78, 5) is 10.6. The lowest BCUT2D eigenvalue weighted by atomic mass is 10.1. The molecular formula is C8H10O3. The number of aliphatic hydroxyl groups is 1. The second-order valence-electron chi connectivity index (χ2n) is 2.41. The maximum atomic E-state index is 10.6. The van der Waals surface area contributed by atoms with Crippen LogP contribution in [0.5, 0.6) is 0 Å². The SMILES string of the molecule is CC(=O)C(O)Cc1ccco1. The lowest BCUT2D eigenvalue weighted by Crippen LogP contribution is -2.19. The van der Waals surface area contributed by atoms with E-state index in [4.69, 9.17) is 9.52 Å². The summed E-state index contributed by atoms with van der Waals surface area (Å²) in [6.07, 6.45) is 0.853. The molecule has 1 N–H and O–H groups in total. The monoisotopic (exact) mass is 154 g/mol. The van der Waals surface area contributed by atoms with E-state index in [1.54, 1.807) is 12.1 Å². The van der Waals surface area contributed by atoms with Gasteiger partial charge in [0.25, 0.3) is 0 Å². The first-order chi connectivity index (χ1) is 5.20. The van der Waals surface area contributed by atoms with Crippen LogP contribution in [0.3, 0.4) is 0 Å². The maximum absolute atomic E-state index is 10.6. The normalized spacial score (nSPS) is 12.9. The van der Waals surface area contributed by atoms with Crippen molar-refractivity contribution in [2.75, 3.05) is 0 Å². The van der Waals surface area contributed by atoms with Crippen molar-refractivity contribution >= 4 is 5.78 Å². The molecular weight excluding hydrogens is 144 g/mol. The maximum Gasteiger partial charge on any atom is 0.158 e. The molecule has 11 heavy (non-hydrogen) atoms. The minimum atomic E-state index is -0.929. The van der Waals surface area contributed by atoms with Crippen molar-refractivity contribution in [3.8, 4) is 0 Å². The summed E-state index contributed by atoms with van der Waals surface area (Å²) in [6, 6.07) is 3.45. The topological polar surface area (TPSA) is 50.4 Å². The van der Waals surface area contributed by atoms with E-state index < -0.39 is 6.10 Å². The van der Waals surface area contributed by atoms with Crippen molar-refractivity contribution in [1.29, 1.82) is 0 Å². The van der Waals surface area contributed by atoms with Gasteiger partial charge in [0.1, 0.15) is 11.9 Å². The number of furan rings is 1. The third kappa shape index (κ3) is 2.20. The van der Waals surface area contributed by atoms with Crippen LogP contribution in [0.2, 0.25) is 0 Å². The van der Waals surface area contributed by atoms with E-state index in [9.17, 15) is 4.79 Å².